The van der Waals surface area contributed by atoms with Crippen LogP contribution < -0.4 is 16.0 Å². The molecule has 0 bridgehead atoms. The molecule has 0 aliphatic rings. The Bertz CT molecular complexity index is 1390. The summed E-state index contributed by atoms with van der Waals surface area (Å²) in [6.07, 6.45) is 1.65. The highest BCUT2D eigenvalue weighted by atomic mass is 32.1. The molecule has 4 rings (SSSR count). The summed E-state index contributed by atoms with van der Waals surface area (Å²) in [5.41, 5.74) is 2.14. The van der Waals surface area contributed by atoms with Crippen molar-refractivity contribution in [3.8, 4) is 0 Å². The van der Waals surface area contributed by atoms with Crippen LogP contribution in [-0.4, -0.2) is 26.7 Å². The van der Waals surface area contributed by atoms with Crippen molar-refractivity contribution in [3.05, 3.63) is 82.2 Å². The first-order valence-corrected chi connectivity index (χ1v) is 11.1. The summed E-state index contributed by atoms with van der Waals surface area (Å²) >= 11 is 1.28. The van der Waals surface area contributed by atoms with Gasteiger partial charge in [-0.15, -0.1) is 0 Å². The van der Waals surface area contributed by atoms with Gasteiger partial charge in [0.05, 0.1) is 26.9 Å². The second kappa shape index (κ2) is 9.63. The number of aromatic nitrogens is 2. The SMILES string of the molecule is CC(=O)Nc1nc2ccc(NC(=O)c3ccc(NC(C)c4ccccn4)c([N+](=O)[O-])c3)cc2s1. The van der Waals surface area contributed by atoms with E-state index in [0.717, 1.165) is 10.4 Å². The summed E-state index contributed by atoms with van der Waals surface area (Å²) in [7, 11) is 0. The largest absolute Gasteiger partial charge is 0.371 e. The minimum absolute atomic E-state index is 0.145. The van der Waals surface area contributed by atoms with Crippen molar-refractivity contribution in [2.24, 2.45) is 0 Å². The first-order chi connectivity index (χ1) is 16.3. The summed E-state index contributed by atoms with van der Waals surface area (Å²) in [6.45, 7) is 3.25. The van der Waals surface area contributed by atoms with Gasteiger partial charge in [-0.3, -0.25) is 24.7 Å². The maximum absolute atomic E-state index is 12.8. The van der Waals surface area contributed by atoms with Gasteiger partial charge in [-0.05, 0) is 49.4 Å². The highest BCUT2D eigenvalue weighted by molar-refractivity contribution is 7.22. The zero-order chi connectivity index (χ0) is 24.2. The van der Waals surface area contributed by atoms with E-state index in [1.807, 2.05) is 19.1 Å². The number of thiazole rings is 1. The van der Waals surface area contributed by atoms with Crippen molar-refractivity contribution in [2.45, 2.75) is 19.9 Å². The minimum atomic E-state index is -0.531. The summed E-state index contributed by atoms with van der Waals surface area (Å²) in [4.78, 5) is 43.7. The quantitative estimate of drug-likeness (QED) is 0.252. The molecule has 2 amide bonds. The van der Waals surface area contributed by atoms with Crippen LogP contribution in [-0.2, 0) is 4.79 Å². The highest BCUT2D eigenvalue weighted by Gasteiger charge is 2.20. The number of carbonyl (C=O) groups is 2. The number of nitro benzene ring substituents is 1. The second-order valence-electron chi connectivity index (χ2n) is 7.45. The maximum Gasteiger partial charge on any atom is 0.293 e. The topological polar surface area (TPSA) is 139 Å². The molecule has 0 fully saturated rings. The number of pyridine rings is 1. The lowest BCUT2D eigenvalue weighted by Gasteiger charge is -2.15. The molecule has 0 aliphatic heterocycles. The van der Waals surface area contributed by atoms with Crippen molar-refractivity contribution < 1.29 is 14.5 Å². The molecule has 0 aliphatic carbocycles. The fraction of sp³-hybridized carbons (Fsp3) is 0.130. The van der Waals surface area contributed by atoms with E-state index in [4.69, 9.17) is 0 Å². The molecule has 0 radical (unpaired) electrons. The number of benzene rings is 2. The minimum Gasteiger partial charge on any atom is -0.371 e. The van der Waals surface area contributed by atoms with Crippen molar-refractivity contribution in [2.75, 3.05) is 16.0 Å². The predicted octanol–water partition coefficient (Wildman–Crippen LogP) is 4.98. The van der Waals surface area contributed by atoms with Crippen LogP contribution in [0.5, 0.6) is 0 Å². The molecule has 3 N–H and O–H groups in total. The van der Waals surface area contributed by atoms with Crippen LogP contribution >= 0.6 is 11.3 Å². The van der Waals surface area contributed by atoms with E-state index in [9.17, 15) is 19.7 Å². The first kappa shape index (κ1) is 22.8. The molecule has 1 atom stereocenters. The molecule has 0 saturated carbocycles. The van der Waals surface area contributed by atoms with E-state index >= 15 is 0 Å². The monoisotopic (exact) mass is 476 g/mol. The van der Waals surface area contributed by atoms with E-state index in [1.165, 1.54) is 36.5 Å². The second-order valence-corrected chi connectivity index (χ2v) is 8.48. The van der Waals surface area contributed by atoms with Crippen LogP contribution in [0.3, 0.4) is 0 Å². The van der Waals surface area contributed by atoms with Gasteiger partial charge in [-0.1, -0.05) is 17.4 Å². The molecule has 2 aromatic heterocycles. The molecule has 0 saturated heterocycles. The zero-order valence-corrected chi connectivity index (χ0v) is 19.1. The molecule has 2 aromatic carbocycles. The van der Waals surface area contributed by atoms with Crippen LogP contribution in [0.15, 0.2) is 60.8 Å². The smallest absolute Gasteiger partial charge is 0.293 e. The Morgan fingerprint density at radius 2 is 1.91 bits per heavy atom. The maximum atomic E-state index is 12.8. The normalized spacial score (nSPS) is 11.6. The lowest BCUT2D eigenvalue weighted by atomic mass is 10.1. The molecule has 0 spiro atoms. The van der Waals surface area contributed by atoms with Crippen molar-refractivity contribution in [1.29, 1.82) is 0 Å². The number of nitro groups is 1. The molecule has 11 heteroatoms. The fourth-order valence-corrected chi connectivity index (χ4v) is 4.25. The Balaban J connectivity index is 1.53. The number of amides is 2. The Labute approximate surface area is 198 Å². The van der Waals surface area contributed by atoms with Crippen molar-refractivity contribution >= 4 is 55.6 Å². The summed E-state index contributed by atoms with van der Waals surface area (Å²) in [6, 6.07) is 14.6. The van der Waals surface area contributed by atoms with Crippen LogP contribution in [0.2, 0.25) is 0 Å². The number of nitrogens with zero attached hydrogens (tertiary/aromatic N) is 3. The molecular formula is C23H20N6O4S. The average Bonchev–Trinajstić information content (AvgIpc) is 3.20. The van der Waals surface area contributed by atoms with Crippen molar-refractivity contribution in [1.82, 2.24) is 9.97 Å². The third kappa shape index (κ3) is 5.15. The summed E-state index contributed by atoms with van der Waals surface area (Å²) in [5, 5.41) is 20.6. The standard InChI is InChI=1S/C23H20N6O4S/c1-13(17-5-3-4-10-24-17)25-18-8-6-15(11-20(18)29(32)33)22(31)27-16-7-9-19-21(12-16)34-23(28-19)26-14(2)30/h3-13,25H,1-2H3,(H,27,31)(H,26,28,30). The summed E-state index contributed by atoms with van der Waals surface area (Å²) < 4.78 is 0.774. The zero-order valence-electron chi connectivity index (χ0n) is 18.2. The summed E-state index contributed by atoms with van der Waals surface area (Å²) in [5.74, 6) is -0.708. The van der Waals surface area contributed by atoms with E-state index < -0.39 is 10.8 Å². The number of fused-ring (bicyclic) bond motifs is 1. The van der Waals surface area contributed by atoms with Crippen LogP contribution in [0.4, 0.5) is 22.2 Å². The van der Waals surface area contributed by atoms with Crippen LogP contribution in [0.25, 0.3) is 10.2 Å². The number of hydrogen-bond acceptors (Lipinski definition) is 8. The number of rotatable bonds is 7. The third-order valence-corrected chi connectivity index (χ3v) is 5.82. The van der Waals surface area contributed by atoms with Gasteiger partial charge in [-0.25, -0.2) is 4.98 Å². The van der Waals surface area contributed by atoms with Gasteiger partial charge in [0, 0.05) is 30.4 Å². The van der Waals surface area contributed by atoms with Crippen LogP contribution in [0.1, 0.15) is 35.9 Å². The molecule has 10 nitrogen and oxygen atoms in total. The highest BCUT2D eigenvalue weighted by Crippen LogP contribution is 2.31. The molecule has 172 valence electrons. The third-order valence-electron chi connectivity index (χ3n) is 4.89. The first-order valence-electron chi connectivity index (χ1n) is 10.3. The van der Waals surface area contributed by atoms with Gasteiger partial charge < -0.3 is 16.0 Å². The lowest BCUT2D eigenvalue weighted by molar-refractivity contribution is -0.384. The Morgan fingerprint density at radius 3 is 2.62 bits per heavy atom. The Hall–Kier alpha value is -4.38. The molecule has 1 unspecified atom stereocenters. The predicted molar refractivity (Wildman–Crippen MR) is 131 cm³/mol. The fourth-order valence-electron chi connectivity index (χ4n) is 3.29. The Kier molecular flexibility index (Phi) is 6.46. The van der Waals surface area contributed by atoms with Gasteiger partial charge in [0.1, 0.15) is 5.69 Å². The van der Waals surface area contributed by atoms with Crippen molar-refractivity contribution in [3.63, 3.8) is 0 Å². The van der Waals surface area contributed by atoms with Gasteiger partial charge in [-0.2, -0.15) is 0 Å². The Morgan fingerprint density at radius 1 is 1.09 bits per heavy atom. The number of anilines is 3. The number of carbonyl (C=O) groups excluding carboxylic acids is 2. The molecule has 2 heterocycles. The van der Waals surface area contributed by atoms with Gasteiger partial charge >= 0.3 is 0 Å². The molecule has 4 aromatic rings. The molecular weight excluding hydrogens is 456 g/mol. The molecule has 34 heavy (non-hydrogen) atoms. The van der Waals surface area contributed by atoms with E-state index in [1.54, 1.807) is 30.5 Å². The average molecular weight is 477 g/mol. The van der Waals surface area contributed by atoms with E-state index in [-0.39, 0.29) is 28.9 Å². The van der Waals surface area contributed by atoms with Gasteiger partial charge in [0.15, 0.2) is 5.13 Å². The van der Waals surface area contributed by atoms with E-state index in [2.05, 4.69) is 25.9 Å². The lowest BCUT2D eigenvalue weighted by Crippen LogP contribution is -2.14. The number of hydrogen-bond donors (Lipinski definition) is 3. The van der Waals surface area contributed by atoms with Crippen LogP contribution in [0, 0.1) is 10.1 Å². The van der Waals surface area contributed by atoms with Gasteiger partial charge in [0.25, 0.3) is 11.6 Å². The van der Waals surface area contributed by atoms with E-state index in [0.29, 0.717) is 16.3 Å². The van der Waals surface area contributed by atoms with Gasteiger partial charge in [0.2, 0.25) is 5.91 Å². The number of nitrogens with one attached hydrogen (secondary N) is 3.